The van der Waals surface area contributed by atoms with Gasteiger partial charge in [-0.1, -0.05) is 49.7 Å². The number of carboxylic acids is 1. The van der Waals surface area contributed by atoms with Crippen LogP contribution in [-0.4, -0.2) is 112 Å². The third-order valence-corrected chi connectivity index (χ3v) is 13.7. The lowest BCUT2D eigenvalue weighted by atomic mass is 10.1. The Balaban J connectivity index is 0.000000219. The number of nitrogen functional groups attached to an aromatic ring is 2. The second kappa shape index (κ2) is 33.9. The molecule has 28 heteroatoms. The standard InChI is InChI=1S/C21H20ClN7O.C14H11ClN4O2.C13H9ClN4O2.C8H13N3.C4H8O.2CH4.ClH/c1-12-5-19(23)27-13(2)18(12)9-26-21(30)14-3-4-24-17(7-14)11-29-10-15-6-16(22)8-25-20(15)28-29;1-21-14(20)9-2-3-16-12(5-9)8-19-7-10-4-11(15)6-17-13(10)18-19;14-10-3-9-6-18(17-12(9)16-5-10)7-11-4-8(13(19)20)1-2-15-11;1-5-3-8(10)11-6(2)7(5)4-9;1-2-4-5-3-1;;;/h3-8,10H,9,11H2,1-2H3,(H2,23,27)(H,26,30);2-7H,8H2,1H3;1-6H,7H2,(H,19,20);3H,4,9H2,1-2H3,(H2,10,11);1-4H2;2*1H4;1H. The van der Waals surface area contributed by atoms with Crippen molar-refractivity contribution in [1.29, 1.82) is 0 Å². The average molecular weight is 1310 g/mol. The van der Waals surface area contributed by atoms with Crippen LogP contribution in [0.4, 0.5) is 11.6 Å². The molecule has 0 unspecified atom stereocenters. The number of amides is 1. The van der Waals surface area contributed by atoms with Crippen molar-refractivity contribution in [3.8, 4) is 0 Å². The summed E-state index contributed by atoms with van der Waals surface area (Å²) in [5, 5.41) is 29.1. The van der Waals surface area contributed by atoms with E-state index in [0.717, 1.165) is 63.0 Å². The molecule has 0 radical (unpaired) electrons. The molecule has 0 aliphatic carbocycles. The Morgan fingerprint density at radius 2 is 0.978 bits per heavy atom. The number of hydrogen-bond donors (Lipinski definition) is 5. The Bertz CT molecular complexity index is 4180. The summed E-state index contributed by atoms with van der Waals surface area (Å²) in [7, 11) is 1.35. The van der Waals surface area contributed by atoms with Crippen molar-refractivity contribution in [3.63, 3.8) is 0 Å². The van der Waals surface area contributed by atoms with E-state index >= 15 is 0 Å². The molecule has 1 aliphatic rings. The molecular weight excluding hydrogens is 1230 g/mol. The zero-order valence-corrected chi connectivity index (χ0v) is 51.5. The van der Waals surface area contributed by atoms with Crippen LogP contribution in [0.2, 0.25) is 15.1 Å². The zero-order valence-electron chi connectivity index (χ0n) is 48.4. The van der Waals surface area contributed by atoms with Crippen molar-refractivity contribution in [3.05, 3.63) is 205 Å². The SMILES string of the molecule is C.C.C1CCOC1.COC(=O)c1ccnc(Cn2cc3cc(Cl)cnc3n2)c1.Cc1cc(N)nc(C)c1CN.Cc1cc(N)nc(C)c1CNC(=O)c1ccnc(Cn2cc3cc(Cl)cnc3n2)c1.Cl.O=C(O)c1ccnc(Cn2cc3cc(Cl)cnc3n2)c1. The number of carbonyl (C=O) groups is 3. The van der Waals surface area contributed by atoms with Crippen LogP contribution < -0.4 is 22.5 Å². The molecular formula is C62H70Cl4N18O6. The average Bonchev–Trinajstić information content (AvgIpc) is 1.92. The van der Waals surface area contributed by atoms with E-state index in [2.05, 4.69) is 65.2 Å². The van der Waals surface area contributed by atoms with Gasteiger partial charge in [0.15, 0.2) is 16.9 Å². The van der Waals surface area contributed by atoms with Gasteiger partial charge in [-0.05, 0) is 130 Å². The minimum atomic E-state index is -0.979. The van der Waals surface area contributed by atoms with Gasteiger partial charge in [0.2, 0.25) is 0 Å². The predicted octanol–water partition coefficient (Wildman–Crippen LogP) is 10.8. The Kier molecular flexibility index (Phi) is 26.9. The van der Waals surface area contributed by atoms with Gasteiger partial charge in [-0.25, -0.2) is 34.5 Å². The molecule has 472 valence electrons. The van der Waals surface area contributed by atoms with Crippen LogP contribution in [0.3, 0.4) is 0 Å². The minimum absolute atomic E-state index is 0. The number of nitrogens with two attached hydrogens (primary N) is 3. The lowest BCUT2D eigenvalue weighted by Gasteiger charge is -2.12. The van der Waals surface area contributed by atoms with Gasteiger partial charge >= 0.3 is 11.9 Å². The maximum atomic E-state index is 12.7. The van der Waals surface area contributed by atoms with Gasteiger partial charge in [0.1, 0.15) is 11.6 Å². The number of aryl methyl sites for hydroxylation is 4. The van der Waals surface area contributed by atoms with Crippen LogP contribution in [0.1, 0.15) is 109 Å². The molecule has 0 saturated carbocycles. The van der Waals surface area contributed by atoms with E-state index in [1.54, 1.807) is 93.6 Å². The Morgan fingerprint density at radius 1 is 0.589 bits per heavy atom. The number of carbonyl (C=O) groups excluding carboxylic acids is 2. The summed E-state index contributed by atoms with van der Waals surface area (Å²) >= 11 is 17.7. The molecule has 1 saturated heterocycles. The number of rotatable bonds is 12. The van der Waals surface area contributed by atoms with Crippen LogP contribution >= 0.6 is 47.2 Å². The molecule has 11 aromatic heterocycles. The van der Waals surface area contributed by atoms with Crippen LogP contribution in [0.5, 0.6) is 0 Å². The molecule has 0 spiro atoms. The van der Waals surface area contributed by atoms with Gasteiger partial charge in [-0.2, -0.15) is 15.3 Å². The quantitative estimate of drug-likeness (QED) is 0.0710. The first-order chi connectivity index (χ1) is 41.8. The maximum absolute atomic E-state index is 12.7. The Hall–Kier alpha value is -9.30. The predicted molar refractivity (Wildman–Crippen MR) is 352 cm³/mol. The second-order valence-electron chi connectivity index (χ2n) is 19.6. The molecule has 0 bridgehead atoms. The van der Waals surface area contributed by atoms with Gasteiger partial charge in [0.25, 0.3) is 5.91 Å². The van der Waals surface area contributed by atoms with Crippen molar-refractivity contribution in [2.75, 3.05) is 31.8 Å². The molecule has 24 nitrogen and oxygen atoms in total. The summed E-state index contributed by atoms with van der Waals surface area (Å²) in [4.78, 5) is 68.6. The van der Waals surface area contributed by atoms with E-state index < -0.39 is 11.9 Å². The van der Waals surface area contributed by atoms with Gasteiger partial charge in [0, 0.05) is 115 Å². The molecule has 1 fully saturated rings. The number of nitrogens with one attached hydrogen (secondary N) is 1. The molecule has 1 aliphatic heterocycles. The van der Waals surface area contributed by atoms with E-state index in [1.165, 1.54) is 44.5 Å². The maximum Gasteiger partial charge on any atom is 0.337 e. The highest BCUT2D eigenvalue weighted by molar-refractivity contribution is 6.31. The number of ether oxygens (including phenoxy) is 2. The van der Waals surface area contributed by atoms with E-state index in [0.29, 0.717) is 105 Å². The molecule has 1 amide bonds. The van der Waals surface area contributed by atoms with Crippen molar-refractivity contribution in [2.24, 2.45) is 5.73 Å². The smallest absolute Gasteiger partial charge is 0.337 e. The molecule has 90 heavy (non-hydrogen) atoms. The summed E-state index contributed by atoms with van der Waals surface area (Å²) in [5.74, 6) is -0.515. The lowest BCUT2D eigenvalue weighted by Crippen LogP contribution is -2.24. The van der Waals surface area contributed by atoms with Crippen molar-refractivity contribution in [2.45, 2.75) is 88.1 Å². The highest BCUT2D eigenvalue weighted by Gasteiger charge is 2.14. The molecule has 8 N–H and O–H groups in total. The fourth-order valence-corrected chi connectivity index (χ4v) is 9.40. The highest BCUT2D eigenvalue weighted by Crippen LogP contribution is 2.21. The van der Waals surface area contributed by atoms with Gasteiger partial charge < -0.3 is 37.1 Å². The molecule has 12 heterocycles. The number of pyridine rings is 8. The van der Waals surface area contributed by atoms with Crippen molar-refractivity contribution in [1.82, 2.24) is 74.5 Å². The fraction of sp³-hybridized carbons (Fsp3) is 0.258. The number of hydrogen-bond acceptors (Lipinski definition) is 19. The summed E-state index contributed by atoms with van der Waals surface area (Å²) in [6.45, 7) is 11.9. The number of carboxylic acid groups (broad SMARTS) is 1. The first-order valence-corrected chi connectivity index (χ1v) is 28.1. The normalized spacial score (nSPS) is 11.2. The zero-order chi connectivity index (χ0) is 62.1. The largest absolute Gasteiger partial charge is 0.478 e. The first-order valence-electron chi connectivity index (χ1n) is 26.9. The van der Waals surface area contributed by atoms with Gasteiger partial charge in [0.05, 0.1) is 70.0 Å². The number of aromatic nitrogens is 14. The number of anilines is 2. The van der Waals surface area contributed by atoms with Crippen molar-refractivity contribution < 1.29 is 29.0 Å². The van der Waals surface area contributed by atoms with Crippen LogP contribution in [0, 0.1) is 27.7 Å². The van der Waals surface area contributed by atoms with E-state index in [4.69, 9.17) is 61.8 Å². The van der Waals surface area contributed by atoms with E-state index in [1.807, 2.05) is 46.2 Å². The Labute approximate surface area is 541 Å². The number of methoxy groups -OCH3 is 1. The third-order valence-electron chi connectivity index (χ3n) is 13.1. The monoisotopic (exact) mass is 1300 g/mol. The number of fused-ring (bicyclic) bond motifs is 3. The summed E-state index contributed by atoms with van der Waals surface area (Å²) in [6, 6.07) is 18.7. The number of nitrogens with zero attached hydrogens (tertiary/aromatic N) is 14. The summed E-state index contributed by atoms with van der Waals surface area (Å²) in [5.41, 5.74) is 27.8. The number of halogens is 4. The van der Waals surface area contributed by atoms with Crippen LogP contribution in [-0.2, 0) is 42.2 Å². The first kappa shape index (κ1) is 71.5. The van der Waals surface area contributed by atoms with Crippen LogP contribution in [0.25, 0.3) is 33.1 Å². The number of esters is 1. The highest BCUT2D eigenvalue weighted by atomic mass is 35.5. The van der Waals surface area contributed by atoms with E-state index in [9.17, 15) is 14.4 Å². The van der Waals surface area contributed by atoms with Crippen molar-refractivity contribution >= 4 is 110 Å². The lowest BCUT2D eigenvalue weighted by molar-refractivity contribution is 0.0599. The second-order valence-corrected chi connectivity index (χ2v) is 21.0. The van der Waals surface area contributed by atoms with Gasteiger partial charge in [-0.15, -0.1) is 12.4 Å². The molecule has 12 rings (SSSR count). The molecule has 0 atom stereocenters. The molecule has 11 aromatic rings. The van der Waals surface area contributed by atoms with Crippen LogP contribution in [0.15, 0.2) is 123 Å². The summed E-state index contributed by atoms with van der Waals surface area (Å²) in [6.07, 6.45) is 17.3. The summed E-state index contributed by atoms with van der Waals surface area (Å²) < 4.78 is 14.7. The van der Waals surface area contributed by atoms with Gasteiger partial charge in [-0.3, -0.25) is 33.8 Å². The number of aromatic carboxylic acids is 1. The Morgan fingerprint density at radius 3 is 1.36 bits per heavy atom. The topological polar surface area (TPSA) is 337 Å². The molecule has 0 aromatic carbocycles. The van der Waals surface area contributed by atoms with E-state index in [-0.39, 0.29) is 38.7 Å². The fourth-order valence-electron chi connectivity index (χ4n) is 8.90. The third kappa shape index (κ3) is 20.1. The minimum Gasteiger partial charge on any atom is -0.478 e.